The molecule has 0 saturated carbocycles. The first kappa shape index (κ1) is 12.2. The molecule has 0 saturated heterocycles. The van der Waals surface area contributed by atoms with Gasteiger partial charge in [-0.1, -0.05) is 0 Å². The van der Waals surface area contributed by atoms with Crippen LogP contribution < -0.4 is 0 Å². The van der Waals surface area contributed by atoms with E-state index in [0.717, 1.165) is 10.0 Å². The molecule has 0 aliphatic rings. The molecule has 15 heavy (non-hydrogen) atoms. The van der Waals surface area contributed by atoms with Gasteiger partial charge in [-0.3, -0.25) is 4.79 Å². The van der Waals surface area contributed by atoms with Gasteiger partial charge in [-0.25, -0.2) is 4.98 Å². The van der Waals surface area contributed by atoms with Crippen molar-refractivity contribution in [1.29, 1.82) is 0 Å². The molecule has 82 valence electrons. The molecule has 1 heterocycles. The number of aromatic nitrogens is 1. The van der Waals surface area contributed by atoms with E-state index >= 15 is 0 Å². The fraction of sp³-hybridized carbons (Fsp3) is 0.455. The third kappa shape index (κ3) is 2.78. The zero-order valence-electron chi connectivity index (χ0n) is 9.25. The second-order valence-corrected chi connectivity index (χ2v) is 4.17. The standard InChI is InChI=1S/C11H15BrN2O/c1-4-14(5-2)11(15)10-9(12)6-8(3)7-13-10/h6-7H,4-5H2,1-3H3. The number of aryl methyl sites for hydroxylation is 1. The van der Waals surface area contributed by atoms with Crippen LogP contribution in [0.1, 0.15) is 29.9 Å². The maximum absolute atomic E-state index is 12.0. The Balaban J connectivity index is 3.00. The summed E-state index contributed by atoms with van der Waals surface area (Å²) in [4.78, 5) is 17.9. The summed E-state index contributed by atoms with van der Waals surface area (Å²) >= 11 is 3.36. The van der Waals surface area contributed by atoms with E-state index in [9.17, 15) is 4.79 Å². The second-order valence-electron chi connectivity index (χ2n) is 3.32. The Morgan fingerprint density at radius 3 is 2.53 bits per heavy atom. The summed E-state index contributed by atoms with van der Waals surface area (Å²) < 4.78 is 0.763. The van der Waals surface area contributed by atoms with Crippen LogP contribution in [0.25, 0.3) is 0 Å². The van der Waals surface area contributed by atoms with Gasteiger partial charge in [-0.05, 0) is 48.3 Å². The summed E-state index contributed by atoms with van der Waals surface area (Å²) in [6, 6.07) is 1.91. The summed E-state index contributed by atoms with van der Waals surface area (Å²) in [5, 5.41) is 0. The van der Waals surface area contributed by atoms with Crippen molar-refractivity contribution in [3.8, 4) is 0 Å². The molecular weight excluding hydrogens is 256 g/mol. The molecule has 1 aromatic rings. The van der Waals surface area contributed by atoms with Crippen molar-refractivity contribution in [2.24, 2.45) is 0 Å². The lowest BCUT2D eigenvalue weighted by molar-refractivity contribution is 0.0766. The van der Waals surface area contributed by atoms with E-state index in [4.69, 9.17) is 0 Å². The monoisotopic (exact) mass is 270 g/mol. The van der Waals surface area contributed by atoms with Crippen LogP contribution in [-0.2, 0) is 0 Å². The SMILES string of the molecule is CCN(CC)C(=O)c1ncc(C)cc1Br. The molecular formula is C11H15BrN2O. The zero-order valence-corrected chi connectivity index (χ0v) is 10.8. The Hall–Kier alpha value is -0.900. The summed E-state index contributed by atoms with van der Waals surface area (Å²) in [5.74, 6) is -0.0214. The van der Waals surface area contributed by atoms with Gasteiger partial charge in [0.05, 0.1) is 0 Å². The summed E-state index contributed by atoms with van der Waals surface area (Å²) in [7, 11) is 0. The van der Waals surface area contributed by atoms with Crippen molar-refractivity contribution in [3.05, 3.63) is 28.0 Å². The minimum atomic E-state index is -0.0214. The van der Waals surface area contributed by atoms with Crippen molar-refractivity contribution < 1.29 is 4.79 Å². The lowest BCUT2D eigenvalue weighted by Crippen LogP contribution is -2.31. The molecule has 0 radical (unpaired) electrons. The summed E-state index contributed by atoms with van der Waals surface area (Å²) in [6.07, 6.45) is 1.71. The highest BCUT2D eigenvalue weighted by molar-refractivity contribution is 9.10. The molecule has 0 bridgehead atoms. The lowest BCUT2D eigenvalue weighted by atomic mass is 10.2. The van der Waals surface area contributed by atoms with Gasteiger partial charge in [-0.15, -0.1) is 0 Å². The molecule has 0 atom stereocenters. The Labute approximate surface area is 98.6 Å². The first-order valence-corrected chi connectivity index (χ1v) is 5.80. The van der Waals surface area contributed by atoms with E-state index < -0.39 is 0 Å². The number of hydrogen-bond donors (Lipinski definition) is 0. The number of carbonyl (C=O) groups is 1. The van der Waals surface area contributed by atoms with Crippen molar-refractivity contribution in [2.45, 2.75) is 20.8 Å². The van der Waals surface area contributed by atoms with Crippen LogP contribution in [-0.4, -0.2) is 28.9 Å². The molecule has 4 heteroatoms. The second kappa shape index (κ2) is 5.26. The van der Waals surface area contributed by atoms with Crippen LogP contribution in [0.3, 0.4) is 0 Å². The number of pyridine rings is 1. The average Bonchev–Trinajstić information content (AvgIpc) is 2.19. The molecule has 0 aliphatic carbocycles. The minimum absolute atomic E-state index is 0.0214. The van der Waals surface area contributed by atoms with E-state index in [0.29, 0.717) is 18.8 Å². The van der Waals surface area contributed by atoms with Gasteiger partial charge >= 0.3 is 0 Å². The topological polar surface area (TPSA) is 33.2 Å². The van der Waals surface area contributed by atoms with E-state index in [1.807, 2.05) is 26.8 Å². The Morgan fingerprint density at radius 1 is 1.47 bits per heavy atom. The Kier molecular flexibility index (Phi) is 4.27. The highest BCUT2D eigenvalue weighted by atomic mass is 79.9. The van der Waals surface area contributed by atoms with Gasteiger partial charge in [-0.2, -0.15) is 0 Å². The van der Waals surface area contributed by atoms with Crippen molar-refractivity contribution in [2.75, 3.05) is 13.1 Å². The molecule has 0 spiro atoms. The van der Waals surface area contributed by atoms with Crippen molar-refractivity contribution >= 4 is 21.8 Å². The Bertz CT molecular complexity index is 362. The number of amides is 1. The normalized spacial score (nSPS) is 10.1. The smallest absolute Gasteiger partial charge is 0.273 e. The first-order valence-electron chi connectivity index (χ1n) is 5.01. The van der Waals surface area contributed by atoms with Crippen LogP contribution in [0.4, 0.5) is 0 Å². The van der Waals surface area contributed by atoms with E-state index in [1.54, 1.807) is 11.1 Å². The minimum Gasteiger partial charge on any atom is -0.338 e. The third-order valence-corrected chi connectivity index (χ3v) is 2.84. The molecule has 0 fully saturated rings. The highest BCUT2D eigenvalue weighted by Crippen LogP contribution is 2.17. The van der Waals surface area contributed by atoms with Gasteiger partial charge in [0, 0.05) is 23.8 Å². The van der Waals surface area contributed by atoms with Crippen LogP contribution in [0, 0.1) is 6.92 Å². The molecule has 0 aromatic carbocycles. The predicted molar refractivity (Wildman–Crippen MR) is 63.9 cm³/mol. The molecule has 1 amide bonds. The maximum Gasteiger partial charge on any atom is 0.273 e. The number of rotatable bonds is 3. The largest absolute Gasteiger partial charge is 0.338 e. The molecule has 0 aliphatic heterocycles. The summed E-state index contributed by atoms with van der Waals surface area (Å²) in [5.41, 5.74) is 1.53. The maximum atomic E-state index is 12.0. The predicted octanol–water partition coefficient (Wildman–Crippen LogP) is 2.63. The molecule has 3 nitrogen and oxygen atoms in total. The van der Waals surface area contributed by atoms with Gasteiger partial charge in [0.2, 0.25) is 0 Å². The van der Waals surface area contributed by atoms with E-state index in [-0.39, 0.29) is 5.91 Å². The van der Waals surface area contributed by atoms with Gasteiger partial charge in [0.15, 0.2) is 0 Å². The molecule has 1 aromatic heterocycles. The average molecular weight is 271 g/mol. The van der Waals surface area contributed by atoms with Gasteiger partial charge in [0.1, 0.15) is 5.69 Å². The highest BCUT2D eigenvalue weighted by Gasteiger charge is 2.16. The summed E-state index contributed by atoms with van der Waals surface area (Å²) in [6.45, 7) is 7.28. The van der Waals surface area contributed by atoms with Crippen molar-refractivity contribution in [1.82, 2.24) is 9.88 Å². The number of hydrogen-bond acceptors (Lipinski definition) is 2. The fourth-order valence-corrected chi connectivity index (χ4v) is 1.98. The number of halogens is 1. The zero-order chi connectivity index (χ0) is 11.4. The quantitative estimate of drug-likeness (QED) is 0.846. The third-order valence-electron chi connectivity index (χ3n) is 2.23. The molecule has 0 unspecified atom stereocenters. The number of nitrogens with zero attached hydrogens (tertiary/aromatic N) is 2. The number of carbonyl (C=O) groups excluding carboxylic acids is 1. The van der Waals surface area contributed by atoms with Gasteiger partial charge in [0.25, 0.3) is 5.91 Å². The Morgan fingerprint density at radius 2 is 2.07 bits per heavy atom. The van der Waals surface area contributed by atoms with Crippen LogP contribution in [0.5, 0.6) is 0 Å². The van der Waals surface area contributed by atoms with E-state index in [2.05, 4.69) is 20.9 Å². The first-order chi connectivity index (χ1) is 7.10. The van der Waals surface area contributed by atoms with Crippen LogP contribution in [0.2, 0.25) is 0 Å². The van der Waals surface area contributed by atoms with E-state index in [1.165, 1.54) is 0 Å². The molecule has 0 N–H and O–H groups in total. The van der Waals surface area contributed by atoms with Gasteiger partial charge < -0.3 is 4.90 Å². The molecule has 1 rings (SSSR count). The lowest BCUT2D eigenvalue weighted by Gasteiger charge is -2.18. The van der Waals surface area contributed by atoms with Crippen LogP contribution in [0.15, 0.2) is 16.7 Å². The fourth-order valence-electron chi connectivity index (χ4n) is 1.35. The van der Waals surface area contributed by atoms with Crippen LogP contribution >= 0.6 is 15.9 Å². The van der Waals surface area contributed by atoms with Crippen molar-refractivity contribution in [3.63, 3.8) is 0 Å².